The number of amides is 1. The number of nitrogens with zero attached hydrogens (tertiary/aromatic N) is 1. The van der Waals surface area contributed by atoms with Crippen molar-refractivity contribution in [1.82, 2.24) is 4.90 Å². The minimum atomic E-state index is -4.76. The number of carboxylic acids is 1. The molecule has 0 aliphatic carbocycles. The molecule has 0 aromatic heterocycles. The quantitative estimate of drug-likeness (QED) is 0.427. The van der Waals surface area contributed by atoms with Crippen LogP contribution >= 0.6 is 0 Å². The van der Waals surface area contributed by atoms with Crippen molar-refractivity contribution >= 4 is 11.9 Å². The molecule has 0 bridgehead atoms. The first-order valence-corrected chi connectivity index (χ1v) is 11.2. The van der Waals surface area contributed by atoms with Gasteiger partial charge in [-0.25, -0.2) is 4.79 Å². The predicted octanol–water partition coefficient (Wildman–Crippen LogP) is 4.83. The van der Waals surface area contributed by atoms with Crippen molar-refractivity contribution in [2.45, 2.75) is 52.1 Å². The van der Waals surface area contributed by atoms with Crippen LogP contribution < -0.4 is 9.47 Å². The van der Waals surface area contributed by atoms with Gasteiger partial charge in [-0.2, -0.15) is 0 Å². The second kappa shape index (κ2) is 12.4. The minimum Gasteiger partial charge on any atom is -0.484 e. The fourth-order valence-corrected chi connectivity index (χ4v) is 3.51. The van der Waals surface area contributed by atoms with Crippen LogP contribution in [0.4, 0.5) is 13.2 Å². The maximum Gasteiger partial charge on any atom is 0.573 e. The molecule has 0 aliphatic heterocycles. The second-order valence-corrected chi connectivity index (χ2v) is 7.80. The fourth-order valence-electron chi connectivity index (χ4n) is 3.51. The van der Waals surface area contributed by atoms with Gasteiger partial charge >= 0.3 is 12.3 Å². The number of ether oxygens (including phenoxy) is 3. The van der Waals surface area contributed by atoms with Crippen molar-refractivity contribution in [2.75, 3.05) is 19.8 Å². The largest absolute Gasteiger partial charge is 0.573 e. The normalized spacial score (nSPS) is 13.1. The zero-order valence-corrected chi connectivity index (χ0v) is 19.9. The molecule has 0 heterocycles. The van der Waals surface area contributed by atoms with Crippen molar-refractivity contribution in [2.24, 2.45) is 0 Å². The monoisotopic (exact) mass is 497 g/mol. The maximum absolute atomic E-state index is 12.6. The summed E-state index contributed by atoms with van der Waals surface area (Å²) in [6, 6.07) is 12.1. The molecule has 0 unspecified atom stereocenters. The van der Waals surface area contributed by atoms with E-state index in [2.05, 4.69) is 4.74 Å². The van der Waals surface area contributed by atoms with Crippen molar-refractivity contribution in [3.8, 4) is 11.5 Å². The summed E-state index contributed by atoms with van der Waals surface area (Å²) in [5, 5.41) is 9.61. The van der Waals surface area contributed by atoms with E-state index in [1.54, 1.807) is 45.0 Å². The summed E-state index contributed by atoms with van der Waals surface area (Å²) in [6.45, 7) is 5.94. The van der Waals surface area contributed by atoms with Gasteiger partial charge in [0.25, 0.3) is 5.91 Å². The molecule has 1 amide bonds. The van der Waals surface area contributed by atoms with Gasteiger partial charge in [-0.05, 0) is 55.7 Å². The van der Waals surface area contributed by atoms with E-state index >= 15 is 0 Å². The van der Waals surface area contributed by atoms with Crippen LogP contribution in [0.15, 0.2) is 48.5 Å². The molecule has 0 saturated carbocycles. The zero-order chi connectivity index (χ0) is 26.1. The highest BCUT2D eigenvalue weighted by molar-refractivity contribution is 5.78. The average molecular weight is 498 g/mol. The fraction of sp³-hybridized carbons (Fsp3) is 0.440. The van der Waals surface area contributed by atoms with Gasteiger partial charge in [0.05, 0.1) is 0 Å². The molecular weight excluding hydrogens is 467 g/mol. The van der Waals surface area contributed by atoms with Gasteiger partial charge in [-0.3, -0.25) is 4.79 Å². The lowest BCUT2D eigenvalue weighted by Gasteiger charge is -2.28. The van der Waals surface area contributed by atoms with E-state index in [0.29, 0.717) is 24.3 Å². The van der Waals surface area contributed by atoms with Gasteiger partial charge in [0.15, 0.2) is 12.2 Å². The molecule has 2 aromatic carbocycles. The van der Waals surface area contributed by atoms with E-state index in [0.717, 1.165) is 5.56 Å². The number of hydrogen-bond donors (Lipinski definition) is 1. The Kier molecular flexibility index (Phi) is 9.94. The van der Waals surface area contributed by atoms with Crippen molar-refractivity contribution < 1.29 is 42.1 Å². The molecule has 35 heavy (non-hydrogen) atoms. The molecule has 1 N–H and O–H groups in total. The van der Waals surface area contributed by atoms with E-state index in [9.17, 15) is 27.9 Å². The van der Waals surface area contributed by atoms with Crippen molar-refractivity contribution in [3.63, 3.8) is 0 Å². The van der Waals surface area contributed by atoms with E-state index in [4.69, 9.17) is 9.47 Å². The third-order valence-electron chi connectivity index (χ3n) is 5.42. The number of carbonyl (C=O) groups is 2. The van der Waals surface area contributed by atoms with E-state index in [1.165, 1.54) is 29.2 Å². The van der Waals surface area contributed by atoms with Crippen molar-refractivity contribution in [3.05, 3.63) is 59.7 Å². The summed E-state index contributed by atoms with van der Waals surface area (Å²) in [4.78, 5) is 25.8. The molecule has 192 valence electrons. The lowest BCUT2D eigenvalue weighted by molar-refractivity contribution is -0.274. The summed E-state index contributed by atoms with van der Waals surface area (Å²) in [7, 11) is 0. The van der Waals surface area contributed by atoms with Gasteiger partial charge in [-0.15, -0.1) is 13.2 Å². The lowest BCUT2D eigenvalue weighted by atomic mass is 9.91. The first kappa shape index (κ1) is 28.0. The van der Waals surface area contributed by atoms with E-state index in [-0.39, 0.29) is 37.8 Å². The molecule has 0 fully saturated rings. The number of carbonyl (C=O) groups excluding carboxylic acids is 1. The Labute approximate surface area is 202 Å². The first-order valence-electron chi connectivity index (χ1n) is 11.2. The minimum absolute atomic E-state index is 0.197. The van der Waals surface area contributed by atoms with Crippen LogP contribution in [0.5, 0.6) is 11.5 Å². The van der Waals surface area contributed by atoms with Crippen LogP contribution in [-0.4, -0.2) is 53.6 Å². The molecule has 7 nitrogen and oxygen atoms in total. The topological polar surface area (TPSA) is 85.3 Å². The summed E-state index contributed by atoms with van der Waals surface area (Å²) in [6.07, 6.45) is -4.25. The number of aliphatic carboxylic acids is 1. The highest BCUT2D eigenvalue weighted by Gasteiger charge is 2.37. The van der Waals surface area contributed by atoms with Crippen LogP contribution in [0.2, 0.25) is 0 Å². The molecule has 10 heteroatoms. The van der Waals surface area contributed by atoms with Crippen molar-refractivity contribution in [1.29, 1.82) is 0 Å². The molecule has 2 aromatic rings. The van der Waals surface area contributed by atoms with E-state index < -0.39 is 17.9 Å². The predicted molar refractivity (Wildman–Crippen MR) is 122 cm³/mol. The SMILES string of the molecule is CCO[C@@](CC)(Cc1ccc(OCC(=O)N(CC)Cc2ccc(OC(F)(F)F)cc2)cc1)C(=O)O. The number of halogens is 3. The molecule has 0 saturated heterocycles. The van der Waals surface area contributed by atoms with Crippen LogP contribution in [-0.2, 0) is 27.3 Å². The summed E-state index contributed by atoms with van der Waals surface area (Å²) >= 11 is 0. The number of rotatable bonds is 13. The number of likely N-dealkylation sites (N-methyl/N-ethyl adjacent to an activating group) is 1. The molecule has 0 spiro atoms. The van der Waals surface area contributed by atoms with Gasteiger partial charge in [0.2, 0.25) is 0 Å². The molecular formula is C25H30F3NO6. The standard InChI is InChI=1S/C25H30F3NO6/c1-4-24(23(31)32,34-6-3)15-18-7-11-20(12-8-18)33-17-22(30)29(5-2)16-19-9-13-21(14-10-19)35-25(26,27)28/h7-14H,4-6,15-17H2,1-3H3,(H,31,32)/t24-/m0/s1. The summed E-state index contributed by atoms with van der Waals surface area (Å²) < 4.78 is 51.8. The Morgan fingerprint density at radius 3 is 1.97 bits per heavy atom. The smallest absolute Gasteiger partial charge is 0.484 e. The van der Waals surface area contributed by atoms with Crippen LogP contribution in [0.3, 0.4) is 0 Å². The maximum atomic E-state index is 12.6. The number of alkyl halides is 3. The Balaban J connectivity index is 1.94. The summed E-state index contributed by atoms with van der Waals surface area (Å²) in [5.74, 6) is -1.20. The lowest BCUT2D eigenvalue weighted by Crippen LogP contribution is -2.43. The van der Waals surface area contributed by atoms with E-state index in [1.807, 2.05) is 0 Å². The van der Waals surface area contributed by atoms with Crippen LogP contribution in [0.25, 0.3) is 0 Å². The molecule has 0 radical (unpaired) electrons. The Morgan fingerprint density at radius 2 is 1.49 bits per heavy atom. The van der Waals surface area contributed by atoms with Gasteiger partial charge in [0.1, 0.15) is 11.5 Å². The van der Waals surface area contributed by atoms with Gasteiger partial charge < -0.3 is 24.2 Å². The third-order valence-corrected chi connectivity index (χ3v) is 5.42. The van der Waals surface area contributed by atoms with Gasteiger partial charge in [0, 0.05) is 26.1 Å². The van der Waals surface area contributed by atoms with Crippen LogP contribution in [0.1, 0.15) is 38.3 Å². The Morgan fingerprint density at radius 1 is 0.914 bits per heavy atom. The zero-order valence-electron chi connectivity index (χ0n) is 19.9. The Bertz CT molecular complexity index is 963. The highest BCUT2D eigenvalue weighted by atomic mass is 19.4. The second-order valence-electron chi connectivity index (χ2n) is 7.80. The van der Waals surface area contributed by atoms with Gasteiger partial charge in [-0.1, -0.05) is 31.2 Å². The first-order chi connectivity index (χ1) is 16.5. The molecule has 1 atom stereocenters. The summed E-state index contributed by atoms with van der Waals surface area (Å²) in [5.41, 5.74) is 0.104. The molecule has 0 aliphatic rings. The number of benzene rings is 2. The number of carboxylic acid groups (broad SMARTS) is 1. The highest BCUT2D eigenvalue weighted by Crippen LogP contribution is 2.25. The Hall–Kier alpha value is -3.27. The number of hydrogen-bond acceptors (Lipinski definition) is 5. The van der Waals surface area contributed by atoms with Crippen LogP contribution in [0, 0.1) is 0 Å². The third kappa shape index (κ3) is 8.47. The average Bonchev–Trinajstić information content (AvgIpc) is 2.81. The molecule has 2 rings (SSSR count).